The van der Waals surface area contributed by atoms with Crippen LogP contribution >= 0.6 is 0 Å². The molecule has 0 aliphatic carbocycles. The summed E-state index contributed by atoms with van der Waals surface area (Å²) in [5.41, 5.74) is -0.161. The first-order valence-corrected chi connectivity index (χ1v) is 7.08. The summed E-state index contributed by atoms with van der Waals surface area (Å²) in [5, 5.41) is 4.11. The van der Waals surface area contributed by atoms with Gasteiger partial charge in [0, 0.05) is 24.6 Å². The van der Waals surface area contributed by atoms with Crippen molar-refractivity contribution in [3.8, 4) is 5.69 Å². The molecule has 0 saturated carbocycles. The number of hydrogen-bond acceptors (Lipinski definition) is 3. The van der Waals surface area contributed by atoms with Crippen LogP contribution < -0.4 is 11.2 Å². The van der Waals surface area contributed by atoms with Crippen molar-refractivity contribution >= 4 is 5.65 Å². The predicted octanol–water partition coefficient (Wildman–Crippen LogP) is 1.59. The van der Waals surface area contributed by atoms with Crippen LogP contribution in [0.1, 0.15) is 19.8 Å². The van der Waals surface area contributed by atoms with E-state index in [2.05, 4.69) is 5.10 Å². The SMILES string of the molecule is CCCCn1nc2c(=O)n(-c3ccc(F)cc3)ccn2c1=O. The van der Waals surface area contributed by atoms with E-state index >= 15 is 0 Å². The molecule has 0 radical (unpaired) electrons. The molecule has 0 bridgehead atoms. The van der Waals surface area contributed by atoms with Gasteiger partial charge in [-0.3, -0.25) is 9.36 Å². The third-order valence-corrected chi connectivity index (χ3v) is 3.47. The topological polar surface area (TPSA) is 61.3 Å². The average Bonchev–Trinajstić information content (AvgIpc) is 2.84. The Labute approximate surface area is 125 Å². The molecule has 0 fully saturated rings. The molecule has 0 spiro atoms. The van der Waals surface area contributed by atoms with E-state index < -0.39 is 5.56 Å². The summed E-state index contributed by atoms with van der Waals surface area (Å²) in [6, 6.07) is 5.55. The molecule has 0 aliphatic rings. The molecular formula is C15H15FN4O2. The highest BCUT2D eigenvalue weighted by Gasteiger charge is 2.12. The minimum Gasteiger partial charge on any atom is -0.280 e. The Bertz CT molecular complexity index is 921. The maximum Gasteiger partial charge on any atom is 0.350 e. The van der Waals surface area contributed by atoms with Crippen LogP contribution in [0.4, 0.5) is 4.39 Å². The van der Waals surface area contributed by atoms with Gasteiger partial charge in [-0.25, -0.2) is 18.3 Å². The first-order chi connectivity index (χ1) is 10.6. The van der Waals surface area contributed by atoms with E-state index in [1.165, 1.54) is 50.3 Å². The fourth-order valence-electron chi connectivity index (χ4n) is 2.27. The van der Waals surface area contributed by atoms with Crippen molar-refractivity contribution in [3.05, 3.63) is 63.3 Å². The quantitative estimate of drug-likeness (QED) is 0.735. The Morgan fingerprint density at radius 3 is 2.55 bits per heavy atom. The van der Waals surface area contributed by atoms with Crippen LogP contribution in [-0.2, 0) is 6.54 Å². The summed E-state index contributed by atoms with van der Waals surface area (Å²) in [4.78, 5) is 24.6. The van der Waals surface area contributed by atoms with Crippen LogP contribution in [0.5, 0.6) is 0 Å². The number of benzene rings is 1. The van der Waals surface area contributed by atoms with Crippen LogP contribution in [0, 0.1) is 5.82 Å². The van der Waals surface area contributed by atoms with E-state index in [-0.39, 0.29) is 17.2 Å². The molecule has 7 heteroatoms. The lowest BCUT2D eigenvalue weighted by Gasteiger charge is -2.04. The van der Waals surface area contributed by atoms with E-state index in [9.17, 15) is 14.0 Å². The predicted molar refractivity (Wildman–Crippen MR) is 79.9 cm³/mol. The molecule has 0 N–H and O–H groups in total. The number of aromatic nitrogens is 4. The Balaban J connectivity index is 2.15. The zero-order valence-corrected chi connectivity index (χ0v) is 12.1. The monoisotopic (exact) mass is 302 g/mol. The van der Waals surface area contributed by atoms with Crippen LogP contribution in [0.2, 0.25) is 0 Å². The van der Waals surface area contributed by atoms with E-state index in [1.54, 1.807) is 0 Å². The van der Waals surface area contributed by atoms with Crippen molar-refractivity contribution in [1.82, 2.24) is 18.7 Å². The number of aryl methyl sites for hydroxylation is 1. The van der Waals surface area contributed by atoms with Gasteiger partial charge in [0.25, 0.3) is 0 Å². The van der Waals surface area contributed by atoms with Crippen molar-refractivity contribution in [2.45, 2.75) is 26.3 Å². The van der Waals surface area contributed by atoms with E-state index in [4.69, 9.17) is 0 Å². The molecule has 3 aromatic rings. The molecule has 22 heavy (non-hydrogen) atoms. The molecule has 0 saturated heterocycles. The number of unbranched alkanes of at least 4 members (excludes halogenated alkanes) is 1. The zero-order valence-electron chi connectivity index (χ0n) is 12.1. The van der Waals surface area contributed by atoms with Crippen LogP contribution in [-0.4, -0.2) is 18.7 Å². The molecule has 0 amide bonds. The van der Waals surface area contributed by atoms with Crippen LogP contribution in [0.25, 0.3) is 11.3 Å². The lowest BCUT2D eigenvalue weighted by Crippen LogP contribution is -2.24. The number of halogens is 1. The van der Waals surface area contributed by atoms with Gasteiger partial charge in [0.1, 0.15) is 5.82 Å². The van der Waals surface area contributed by atoms with Gasteiger partial charge in [0.2, 0.25) is 5.65 Å². The van der Waals surface area contributed by atoms with Gasteiger partial charge in [-0.2, -0.15) is 0 Å². The second-order valence-electron chi connectivity index (χ2n) is 5.00. The molecular weight excluding hydrogens is 287 g/mol. The summed E-state index contributed by atoms with van der Waals surface area (Å²) in [5.74, 6) is -0.377. The van der Waals surface area contributed by atoms with Crippen LogP contribution in [0.3, 0.4) is 0 Å². The Morgan fingerprint density at radius 2 is 1.86 bits per heavy atom. The molecule has 3 rings (SSSR count). The second kappa shape index (κ2) is 5.59. The lowest BCUT2D eigenvalue weighted by atomic mass is 10.3. The Morgan fingerprint density at radius 1 is 1.14 bits per heavy atom. The smallest absolute Gasteiger partial charge is 0.280 e. The highest BCUT2D eigenvalue weighted by Crippen LogP contribution is 2.06. The van der Waals surface area contributed by atoms with Gasteiger partial charge in [0.05, 0.1) is 0 Å². The first-order valence-electron chi connectivity index (χ1n) is 7.08. The summed E-state index contributed by atoms with van der Waals surface area (Å²) < 4.78 is 16.9. The lowest BCUT2D eigenvalue weighted by molar-refractivity contribution is 0.554. The van der Waals surface area contributed by atoms with Crippen molar-refractivity contribution < 1.29 is 4.39 Å². The van der Waals surface area contributed by atoms with Gasteiger partial charge in [-0.1, -0.05) is 13.3 Å². The van der Waals surface area contributed by atoms with Crippen molar-refractivity contribution in [2.24, 2.45) is 0 Å². The average molecular weight is 302 g/mol. The fraction of sp³-hybridized carbons (Fsp3) is 0.267. The van der Waals surface area contributed by atoms with Gasteiger partial charge >= 0.3 is 11.2 Å². The van der Waals surface area contributed by atoms with Crippen molar-refractivity contribution in [2.75, 3.05) is 0 Å². The van der Waals surface area contributed by atoms with Gasteiger partial charge in [0.15, 0.2) is 0 Å². The first kappa shape index (κ1) is 14.2. The molecule has 0 unspecified atom stereocenters. The van der Waals surface area contributed by atoms with Crippen LogP contribution in [0.15, 0.2) is 46.2 Å². The number of nitrogens with zero attached hydrogens (tertiary/aromatic N) is 4. The van der Waals surface area contributed by atoms with Gasteiger partial charge in [-0.15, -0.1) is 5.10 Å². The standard InChI is InChI=1S/C15H15FN4O2/c1-2-3-8-20-15(22)19-10-9-18(14(21)13(19)17-20)12-6-4-11(16)5-7-12/h4-7,9-10H,2-3,8H2,1H3. The molecule has 6 nitrogen and oxygen atoms in total. The van der Waals surface area contributed by atoms with Gasteiger partial charge < -0.3 is 0 Å². The van der Waals surface area contributed by atoms with E-state index in [0.717, 1.165) is 12.8 Å². The summed E-state index contributed by atoms with van der Waals surface area (Å²) in [6.45, 7) is 2.50. The number of hydrogen-bond donors (Lipinski definition) is 0. The third kappa shape index (κ3) is 2.34. The summed E-state index contributed by atoms with van der Waals surface area (Å²) in [6.07, 6.45) is 4.73. The third-order valence-electron chi connectivity index (χ3n) is 3.47. The second-order valence-corrected chi connectivity index (χ2v) is 5.00. The largest absolute Gasteiger partial charge is 0.350 e. The minimum absolute atomic E-state index is 0.0629. The summed E-state index contributed by atoms with van der Waals surface area (Å²) >= 11 is 0. The normalized spacial score (nSPS) is 11.2. The minimum atomic E-state index is -0.415. The Kier molecular flexibility index (Phi) is 3.62. The highest BCUT2D eigenvalue weighted by molar-refractivity contribution is 5.39. The maximum atomic E-state index is 13.0. The molecule has 114 valence electrons. The molecule has 0 atom stereocenters. The van der Waals surface area contributed by atoms with E-state index in [0.29, 0.717) is 12.2 Å². The van der Waals surface area contributed by atoms with Crippen molar-refractivity contribution in [1.29, 1.82) is 0 Å². The van der Waals surface area contributed by atoms with Crippen molar-refractivity contribution in [3.63, 3.8) is 0 Å². The summed E-state index contributed by atoms with van der Waals surface area (Å²) in [7, 11) is 0. The molecule has 0 aliphatic heterocycles. The zero-order chi connectivity index (χ0) is 15.7. The highest BCUT2D eigenvalue weighted by atomic mass is 19.1. The number of fused-ring (bicyclic) bond motifs is 1. The fourth-order valence-corrected chi connectivity index (χ4v) is 2.27. The number of rotatable bonds is 4. The molecule has 2 aromatic heterocycles. The van der Waals surface area contributed by atoms with E-state index in [1.807, 2.05) is 6.92 Å². The molecule has 1 aromatic carbocycles. The Hall–Kier alpha value is -2.70. The maximum absolute atomic E-state index is 13.0. The van der Waals surface area contributed by atoms with Gasteiger partial charge in [-0.05, 0) is 30.7 Å². The molecule has 2 heterocycles.